The van der Waals surface area contributed by atoms with E-state index in [9.17, 15) is 18.0 Å². The highest BCUT2D eigenvalue weighted by Gasteiger charge is 2.51. The first-order valence-corrected chi connectivity index (χ1v) is 15.0. The zero-order chi connectivity index (χ0) is 30.9. The third-order valence-electron chi connectivity index (χ3n) is 9.75. The maximum atomic E-state index is 14.5. The number of carbonyl (C=O) groups is 1. The number of aromatic nitrogens is 3. The molecular weight excluding hydrogens is 553 g/mol. The summed E-state index contributed by atoms with van der Waals surface area (Å²) in [6, 6.07) is 10.8. The zero-order valence-corrected chi connectivity index (χ0v) is 25.9. The van der Waals surface area contributed by atoms with Crippen LogP contribution in [0.4, 0.5) is 18.9 Å². The molecule has 2 aromatic carbocycles. The number of rotatable bonds is 6. The summed E-state index contributed by atoms with van der Waals surface area (Å²) in [6.07, 6.45) is -0.285. The van der Waals surface area contributed by atoms with Crippen LogP contribution in [0.25, 0.3) is 0 Å². The van der Waals surface area contributed by atoms with E-state index in [4.69, 9.17) is 0 Å². The molecule has 1 amide bonds. The highest BCUT2D eigenvalue weighted by molar-refractivity contribution is 6.10. The van der Waals surface area contributed by atoms with Crippen molar-refractivity contribution in [1.82, 2.24) is 24.6 Å². The van der Waals surface area contributed by atoms with Crippen molar-refractivity contribution < 1.29 is 18.0 Å². The molecule has 0 atom stereocenters. The minimum Gasteiger partial charge on any atom is -0.321 e. The van der Waals surface area contributed by atoms with Crippen molar-refractivity contribution in [2.24, 2.45) is 12.5 Å². The molecule has 0 unspecified atom stereocenters. The molecule has 1 aromatic heterocycles. The van der Waals surface area contributed by atoms with Crippen LogP contribution >= 0.6 is 0 Å². The molecule has 2 aliphatic heterocycles. The Morgan fingerprint density at radius 2 is 1.74 bits per heavy atom. The van der Waals surface area contributed by atoms with Gasteiger partial charge in [0.1, 0.15) is 12.2 Å². The molecule has 1 saturated heterocycles. The van der Waals surface area contributed by atoms with Gasteiger partial charge in [0, 0.05) is 61.9 Å². The van der Waals surface area contributed by atoms with Crippen LogP contribution in [0.15, 0.2) is 42.7 Å². The molecule has 3 heterocycles. The largest absolute Gasteiger partial charge is 0.416 e. The van der Waals surface area contributed by atoms with E-state index in [1.54, 1.807) is 12.4 Å². The van der Waals surface area contributed by atoms with Gasteiger partial charge in [0.25, 0.3) is 5.91 Å². The quantitative estimate of drug-likeness (QED) is 0.360. The number of halogens is 3. The fraction of sp³-hybridized carbons (Fsp3) is 0.545. The monoisotopic (exact) mass is 594 g/mol. The number of amides is 1. The predicted octanol–water partition coefficient (Wildman–Crippen LogP) is 5.82. The molecular formula is C33H41F3N6O. The molecule has 2 fully saturated rings. The normalized spacial score (nSPS) is 21.6. The lowest BCUT2D eigenvalue weighted by molar-refractivity contribution is -0.138. The number of carbonyl (C=O) groups excluding carboxylic acids is 1. The van der Waals surface area contributed by atoms with Crippen LogP contribution in [0.3, 0.4) is 0 Å². The first kappa shape index (κ1) is 29.8. The zero-order valence-electron chi connectivity index (χ0n) is 25.9. The number of alkyl halides is 3. The van der Waals surface area contributed by atoms with Crippen LogP contribution in [-0.2, 0) is 38.1 Å². The summed E-state index contributed by atoms with van der Waals surface area (Å²) >= 11 is 0. The number of hydrogen-bond donors (Lipinski definition) is 0. The molecule has 10 heteroatoms. The molecule has 7 nitrogen and oxygen atoms in total. The van der Waals surface area contributed by atoms with Crippen molar-refractivity contribution in [3.05, 3.63) is 76.4 Å². The second-order valence-corrected chi connectivity index (χ2v) is 14.4. The van der Waals surface area contributed by atoms with Gasteiger partial charge in [-0.2, -0.15) is 13.2 Å². The van der Waals surface area contributed by atoms with Crippen molar-refractivity contribution in [3.63, 3.8) is 0 Å². The van der Waals surface area contributed by atoms with Gasteiger partial charge in [-0.1, -0.05) is 26.0 Å². The molecule has 1 aliphatic carbocycles. The van der Waals surface area contributed by atoms with Crippen molar-refractivity contribution in [2.75, 3.05) is 31.6 Å². The topological polar surface area (TPSA) is 57.5 Å². The van der Waals surface area contributed by atoms with Crippen molar-refractivity contribution >= 4 is 11.6 Å². The van der Waals surface area contributed by atoms with E-state index in [-0.39, 0.29) is 39.9 Å². The van der Waals surface area contributed by atoms with E-state index < -0.39 is 11.7 Å². The summed E-state index contributed by atoms with van der Waals surface area (Å²) in [5.41, 5.74) is 1.49. The van der Waals surface area contributed by atoms with Gasteiger partial charge in [0.15, 0.2) is 0 Å². The molecule has 1 saturated carbocycles. The Morgan fingerprint density at radius 1 is 1.00 bits per heavy atom. The number of hydrogen-bond acceptors (Lipinski definition) is 5. The predicted molar refractivity (Wildman–Crippen MR) is 160 cm³/mol. The van der Waals surface area contributed by atoms with E-state index in [2.05, 4.69) is 60.8 Å². The molecule has 0 radical (unpaired) electrons. The summed E-state index contributed by atoms with van der Waals surface area (Å²) < 4.78 is 45.3. The Bertz CT molecular complexity index is 1550. The molecule has 3 aliphatic rings. The number of piperazine rings is 1. The summed E-state index contributed by atoms with van der Waals surface area (Å²) in [5, 5.41) is 8.38. The lowest BCUT2D eigenvalue weighted by atomic mass is 9.50. The Labute approximate surface area is 251 Å². The molecule has 43 heavy (non-hydrogen) atoms. The number of anilines is 1. The average molecular weight is 595 g/mol. The van der Waals surface area contributed by atoms with Crippen LogP contribution in [0.1, 0.15) is 79.0 Å². The van der Waals surface area contributed by atoms with Crippen LogP contribution in [0.2, 0.25) is 0 Å². The van der Waals surface area contributed by atoms with E-state index in [0.717, 1.165) is 43.9 Å². The number of benzene rings is 2. The Balaban J connectivity index is 1.33. The highest BCUT2D eigenvalue weighted by Crippen LogP contribution is 2.57. The second kappa shape index (κ2) is 10.2. The molecule has 3 aromatic rings. The van der Waals surface area contributed by atoms with Crippen LogP contribution in [-0.4, -0.2) is 62.7 Å². The standard InChI is InChI=1S/C33H41F3N6O/c1-30(2)18-32(19-30,15-28-38-37-21-40(28)6)23-8-7-9-24(14-23)42-17-26-25(29(42)43)12-22(13-27(26)33(34,35)36)16-41-11-10-39(5)20-31(41,3)4/h7-9,12-14,21H,10-11,15-20H2,1-6H3. The third kappa shape index (κ3) is 5.48. The van der Waals surface area contributed by atoms with Gasteiger partial charge >= 0.3 is 6.18 Å². The maximum Gasteiger partial charge on any atom is 0.416 e. The number of likely N-dealkylation sites (N-methyl/N-ethyl adjacent to an activating group) is 1. The minimum atomic E-state index is -4.56. The summed E-state index contributed by atoms with van der Waals surface area (Å²) in [6.45, 7) is 11.4. The Morgan fingerprint density at radius 3 is 2.37 bits per heavy atom. The molecule has 0 bridgehead atoms. The molecule has 0 N–H and O–H groups in total. The van der Waals surface area contributed by atoms with Crippen LogP contribution in [0, 0.1) is 5.41 Å². The van der Waals surface area contributed by atoms with Gasteiger partial charge < -0.3 is 14.4 Å². The third-order valence-corrected chi connectivity index (χ3v) is 9.75. The minimum absolute atomic E-state index is 0.0582. The van der Waals surface area contributed by atoms with Crippen molar-refractivity contribution in [3.8, 4) is 0 Å². The summed E-state index contributed by atoms with van der Waals surface area (Å²) in [4.78, 5) is 19.8. The summed E-state index contributed by atoms with van der Waals surface area (Å²) in [7, 11) is 3.99. The van der Waals surface area contributed by atoms with Gasteiger partial charge in [0.05, 0.1) is 12.1 Å². The van der Waals surface area contributed by atoms with Crippen molar-refractivity contribution in [2.45, 2.75) is 77.2 Å². The van der Waals surface area contributed by atoms with Gasteiger partial charge in [-0.15, -0.1) is 10.2 Å². The van der Waals surface area contributed by atoms with Gasteiger partial charge in [0.2, 0.25) is 0 Å². The van der Waals surface area contributed by atoms with E-state index in [1.165, 1.54) is 11.0 Å². The first-order valence-electron chi connectivity index (χ1n) is 15.0. The van der Waals surface area contributed by atoms with Gasteiger partial charge in [-0.3, -0.25) is 9.69 Å². The number of aryl methyl sites for hydroxylation is 1. The second-order valence-electron chi connectivity index (χ2n) is 14.4. The van der Waals surface area contributed by atoms with E-state index >= 15 is 0 Å². The lowest BCUT2D eigenvalue weighted by Crippen LogP contribution is -2.57. The smallest absolute Gasteiger partial charge is 0.321 e. The SMILES string of the molecule is CN1CCN(Cc2cc3c(c(C(F)(F)F)c2)CN(c2cccc(C4(Cc5nncn5C)CC(C)(C)C4)c2)C3=O)C(C)(C)C1. The van der Waals surface area contributed by atoms with E-state index in [0.29, 0.717) is 24.2 Å². The fourth-order valence-electron chi connectivity index (χ4n) is 7.95. The van der Waals surface area contributed by atoms with Crippen LogP contribution in [0.5, 0.6) is 0 Å². The Hall–Kier alpha value is -3.24. The fourth-order valence-corrected chi connectivity index (χ4v) is 7.95. The summed E-state index contributed by atoms with van der Waals surface area (Å²) in [5.74, 6) is 0.505. The highest BCUT2D eigenvalue weighted by atomic mass is 19.4. The molecule has 6 rings (SSSR count). The Kier molecular flexibility index (Phi) is 7.04. The number of nitrogens with zero attached hydrogens (tertiary/aromatic N) is 6. The van der Waals surface area contributed by atoms with Crippen LogP contribution < -0.4 is 4.90 Å². The van der Waals surface area contributed by atoms with E-state index in [1.807, 2.05) is 29.8 Å². The van der Waals surface area contributed by atoms with Crippen molar-refractivity contribution in [1.29, 1.82) is 0 Å². The first-order chi connectivity index (χ1) is 20.1. The van der Waals surface area contributed by atoms with Gasteiger partial charge in [-0.05, 0) is 80.1 Å². The number of fused-ring (bicyclic) bond motifs is 1. The molecule has 0 spiro atoms. The van der Waals surface area contributed by atoms with Gasteiger partial charge in [-0.25, -0.2) is 0 Å². The maximum absolute atomic E-state index is 14.5. The lowest BCUT2D eigenvalue weighted by Gasteiger charge is -2.54. The molecule has 230 valence electrons. The average Bonchev–Trinajstić information content (AvgIpc) is 3.45.